The van der Waals surface area contributed by atoms with Crippen molar-refractivity contribution in [3.63, 3.8) is 0 Å². The molecule has 8 heteroatoms. The van der Waals surface area contributed by atoms with E-state index < -0.39 is 34.5 Å². The van der Waals surface area contributed by atoms with Gasteiger partial charge in [-0.1, -0.05) is 58.5 Å². The highest BCUT2D eigenvalue weighted by Crippen LogP contribution is 2.48. The number of rotatable bonds is 11. The van der Waals surface area contributed by atoms with E-state index in [2.05, 4.69) is 11.6 Å². The monoisotopic (exact) mass is 553 g/mol. The molecule has 0 spiro atoms. The van der Waals surface area contributed by atoms with Crippen LogP contribution in [-0.4, -0.2) is 28.3 Å². The van der Waals surface area contributed by atoms with Crippen LogP contribution in [0.15, 0.2) is 60.8 Å². The molecule has 0 saturated carbocycles. The Kier molecular flexibility index (Phi) is 9.36. The van der Waals surface area contributed by atoms with E-state index in [1.165, 1.54) is 19.2 Å². The first-order chi connectivity index (χ1) is 18.7. The molecule has 1 aromatic heterocycles. The van der Waals surface area contributed by atoms with Gasteiger partial charge in [-0.05, 0) is 64.6 Å². The highest BCUT2D eigenvalue weighted by atomic mass is 19.1. The molecule has 0 aliphatic rings. The summed E-state index contributed by atoms with van der Waals surface area (Å²) in [5.74, 6) is -2.48. The maximum Gasteiger partial charge on any atom is 0.303 e. The van der Waals surface area contributed by atoms with Crippen LogP contribution in [0.25, 0.3) is 11.1 Å². The average molecular weight is 554 g/mol. The van der Waals surface area contributed by atoms with Gasteiger partial charge in [-0.2, -0.15) is 0 Å². The van der Waals surface area contributed by atoms with Gasteiger partial charge >= 0.3 is 5.97 Å². The number of hydrogen-bond donors (Lipinski definition) is 2. The minimum atomic E-state index is -1.57. The third kappa shape index (κ3) is 6.17. The molecule has 3 aromatic rings. The molecule has 2 aromatic carbocycles. The molecule has 0 radical (unpaired) electrons. The molecule has 2 N–H and O–H groups in total. The van der Waals surface area contributed by atoms with E-state index in [1.807, 2.05) is 27.7 Å². The van der Waals surface area contributed by atoms with Crippen molar-refractivity contribution in [2.45, 2.75) is 65.6 Å². The molecule has 214 valence electrons. The van der Waals surface area contributed by atoms with Crippen LogP contribution in [0.1, 0.15) is 70.1 Å². The summed E-state index contributed by atoms with van der Waals surface area (Å²) in [6.07, 6.45) is 1.33. The smallest absolute Gasteiger partial charge is 0.303 e. The lowest BCUT2D eigenvalue weighted by Crippen LogP contribution is -2.41. The van der Waals surface area contributed by atoms with Gasteiger partial charge in [-0.3, -0.25) is 4.79 Å². The molecular weight excluding hydrogens is 516 g/mol. The molecule has 0 bridgehead atoms. The summed E-state index contributed by atoms with van der Waals surface area (Å²) < 4.78 is 41.5. The van der Waals surface area contributed by atoms with Crippen LogP contribution in [0.2, 0.25) is 0 Å². The van der Waals surface area contributed by atoms with Crippen LogP contribution in [0, 0.1) is 17.0 Å². The van der Waals surface area contributed by atoms with Crippen molar-refractivity contribution in [1.29, 1.82) is 0 Å². The highest BCUT2D eigenvalue weighted by Gasteiger charge is 2.44. The number of carboxylic acids is 1. The standard InChI is InChI=1S/C32H37F2NO5/c1-8-21(15-29(36)37)22-10-9-11-27(30(22)34)40-18-20-12-13-23(24-16-28(39-7)35-17-26(24)33)25(14-20)32(38,19(2)3)31(4,5)6/h9-14,16-17,21,38H,2,8,15,18H2,1,3-7H3,(H,36,37)/t21-,32?/m1/s1. The Morgan fingerprint density at radius 1 is 1.12 bits per heavy atom. The molecule has 0 aliphatic carbocycles. The van der Waals surface area contributed by atoms with Gasteiger partial charge in [0.2, 0.25) is 5.88 Å². The van der Waals surface area contributed by atoms with E-state index in [0.29, 0.717) is 28.7 Å². The second-order valence-corrected chi connectivity index (χ2v) is 11.0. The minimum Gasteiger partial charge on any atom is -0.486 e. The SMILES string of the molecule is C=C(C)C(O)(c1cc(COc2cccc([C@H](CC)CC(=O)O)c2F)ccc1-c1cc(OC)ncc1F)C(C)(C)C. The Morgan fingerprint density at radius 3 is 2.40 bits per heavy atom. The first-order valence-electron chi connectivity index (χ1n) is 13.1. The summed E-state index contributed by atoms with van der Waals surface area (Å²) in [6, 6.07) is 11.3. The number of carbonyl (C=O) groups is 1. The van der Waals surface area contributed by atoms with Gasteiger partial charge in [-0.15, -0.1) is 0 Å². The Labute approximate surface area is 234 Å². The van der Waals surface area contributed by atoms with Gasteiger partial charge in [0.15, 0.2) is 11.6 Å². The zero-order valence-electron chi connectivity index (χ0n) is 23.8. The summed E-state index contributed by atoms with van der Waals surface area (Å²) >= 11 is 0. The molecule has 1 unspecified atom stereocenters. The largest absolute Gasteiger partial charge is 0.486 e. The molecule has 0 amide bonds. The van der Waals surface area contributed by atoms with Crippen molar-refractivity contribution in [2.75, 3.05) is 7.11 Å². The average Bonchev–Trinajstić information content (AvgIpc) is 2.90. The maximum atomic E-state index is 15.4. The van der Waals surface area contributed by atoms with Crippen LogP contribution < -0.4 is 9.47 Å². The van der Waals surface area contributed by atoms with Gasteiger partial charge in [0.05, 0.1) is 19.7 Å². The molecule has 3 rings (SSSR count). The van der Waals surface area contributed by atoms with Gasteiger partial charge in [-0.25, -0.2) is 13.8 Å². The number of aromatic nitrogens is 1. The molecule has 2 atom stereocenters. The molecule has 6 nitrogen and oxygen atoms in total. The lowest BCUT2D eigenvalue weighted by molar-refractivity contribution is -0.137. The number of halogens is 2. The van der Waals surface area contributed by atoms with Crippen molar-refractivity contribution in [3.05, 3.63) is 89.1 Å². The summed E-state index contributed by atoms with van der Waals surface area (Å²) in [5, 5.41) is 21.3. The number of ether oxygens (including phenoxy) is 2. The van der Waals surface area contributed by atoms with Crippen LogP contribution in [0.3, 0.4) is 0 Å². The van der Waals surface area contributed by atoms with Gasteiger partial charge in [0.1, 0.15) is 18.0 Å². The summed E-state index contributed by atoms with van der Waals surface area (Å²) in [5.41, 5.74) is 0.0661. The summed E-state index contributed by atoms with van der Waals surface area (Å²) in [7, 11) is 1.43. The zero-order valence-corrected chi connectivity index (χ0v) is 23.8. The number of hydrogen-bond acceptors (Lipinski definition) is 5. The minimum absolute atomic E-state index is 0.0112. The van der Waals surface area contributed by atoms with Gasteiger partial charge < -0.3 is 19.7 Å². The number of pyridine rings is 1. The lowest BCUT2D eigenvalue weighted by atomic mass is 9.67. The maximum absolute atomic E-state index is 15.4. The highest BCUT2D eigenvalue weighted by molar-refractivity contribution is 5.71. The predicted octanol–water partition coefficient (Wildman–Crippen LogP) is 7.39. The van der Waals surface area contributed by atoms with E-state index in [9.17, 15) is 15.0 Å². The molecule has 0 fully saturated rings. The Bertz CT molecular complexity index is 1400. The predicted molar refractivity (Wildman–Crippen MR) is 150 cm³/mol. The second kappa shape index (κ2) is 12.2. The van der Waals surface area contributed by atoms with Crippen LogP contribution in [-0.2, 0) is 17.0 Å². The molecular formula is C32H37F2NO5. The van der Waals surface area contributed by atoms with E-state index >= 15 is 8.78 Å². The molecule has 40 heavy (non-hydrogen) atoms. The molecule has 0 aliphatic heterocycles. The third-order valence-corrected chi connectivity index (χ3v) is 7.25. The number of carboxylic acid groups (broad SMARTS) is 1. The number of nitrogens with zero attached hydrogens (tertiary/aromatic N) is 1. The molecule has 0 saturated heterocycles. The Hall–Kier alpha value is -3.78. The van der Waals surface area contributed by atoms with Crippen molar-refractivity contribution in [1.82, 2.24) is 4.98 Å². The Balaban J connectivity index is 2.10. The first kappa shape index (κ1) is 30.8. The first-order valence-corrected chi connectivity index (χ1v) is 13.1. The van der Waals surface area contributed by atoms with Gasteiger partial charge in [0.25, 0.3) is 0 Å². The Morgan fingerprint density at radius 2 is 1.82 bits per heavy atom. The van der Waals surface area contributed by atoms with Gasteiger partial charge in [0, 0.05) is 11.6 Å². The number of aliphatic carboxylic acids is 1. The topological polar surface area (TPSA) is 88.9 Å². The van der Waals surface area contributed by atoms with Crippen LogP contribution in [0.4, 0.5) is 8.78 Å². The number of methoxy groups -OCH3 is 1. The second-order valence-electron chi connectivity index (χ2n) is 11.0. The quantitative estimate of drug-likeness (QED) is 0.241. The fourth-order valence-electron chi connectivity index (χ4n) is 5.03. The van der Waals surface area contributed by atoms with Crippen molar-refractivity contribution < 1.29 is 33.3 Å². The van der Waals surface area contributed by atoms with E-state index in [0.717, 1.165) is 6.20 Å². The van der Waals surface area contributed by atoms with E-state index in [4.69, 9.17) is 9.47 Å². The molecule has 1 heterocycles. The summed E-state index contributed by atoms with van der Waals surface area (Å²) in [4.78, 5) is 15.2. The van der Waals surface area contributed by atoms with E-state index in [-0.39, 0.29) is 35.8 Å². The fraction of sp³-hybridized carbons (Fsp3) is 0.375. The fourth-order valence-corrected chi connectivity index (χ4v) is 5.03. The van der Waals surface area contributed by atoms with Crippen molar-refractivity contribution in [3.8, 4) is 22.8 Å². The van der Waals surface area contributed by atoms with Crippen molar-refractivity contribution in [2.24, 2.45) is 5.41 Å². The third-order valence-electron chi connectivity index (χ3n) is 7.25. The lowest BCUT2D eigenvalue weighted by Gasteiger charge is -2.43. The zero-order chi connectivity index (χ0) is 29.8. The normalized spacial score (nSPS) is 13.8. The van der Waals surface area contributed by atoms with Crippen LogP contribution in [0.5, 0.6) is 11.6 Å². The number of aliphatic hydroxyl groups is 1. The van der Waals surface area contributed by atoms with Crippen molar-refractivity contribution >= 4 is 5.97 Å². The van der Waals surface area contributed by atoms with Crippen LogP contribution >= 0.6 is 0 Å². The number of benzene rings is 2. The van der Waals surface area contributed by atoms with E-state index in [1.54, 1.807) is 37.3 Å². The summed E-state index contributed by atoms with van der Waals surface area (Å²) in [6.45, 7) is 13.1.